The summed E-state index contributed by atoms with van der Waals surface area (Å²) in [5, 5.41) is 5.23. The molecule has 0 aliphatic heterocycles. The first-order valence-corrected chi connectivity index (χ1v) is 6.22. The van der Waals surface area contributed by atoms with E-state index in [0.717, 1.165) is 33.8 Å². The standard InChI is InChI=1S/C15H11N3O2/c1-19-12-4-2-5-13-10(12)8-14(20-13)11-9-16-15-6-3-7-17-18(11)15/h2-9H,1H3. The van der Waals surface area contributed by atoms with Gasteiger partial charge in [-0.2, -0.15) is 5.10 Å². The molecule has 0 radical (unpaired) electrons. The van der Waals surface area contributed by atoms with Crippen LogP contribution in [0.2, 0.25) is 0 Å². The summed E-state index contributed by atoms with van der Waals surface area (Å²) < 4.78 is 13.0. The van der Waals surface area contributed by atoms with E-state index in [-0.39, 0.29) is 0 Å². The highest BCUT2D eigenvalue weighted by atomic mass is 16.5. The van der Waals surface area contributed by atoms with Gasteiger partial charge in [0.15, 0.2) is 11.4 Å². The van der Waals surface area contributed by atoms with Crippen molar-refractivity contribution in [3.8, 4) is 17.2 Å². The average molecular weight is 265 g/mol. The van der Waals surface area contributed by atoms with Gasteiger partial charge in [0.1, 0.15) is 17.0 Å². The van der Waals surface area contributed by atoms with Crippen LogP contribution in [0.15, 0.2) is 53.2 Å². The molecule has 20 heavy (non-hydrogen) atoms. The molecule has 1 aromatic carbocycles. The lowest BCUT2D eigenvalue weighted by Gasteiger charge is -1.98. The Bertz CT molecular complexity index is 908. The number of hydrogen-bond acceptors (Lipinski definition) is 4. The van der Waals surface area contributed by atoms with Gasteiger partial charge in [-0.25, -0.2) is 9.50 Å². The number of ether oxygens (including phenoxy) is 1. The van der Waals surface area contributed by atoms with Crippen LogP contribution in [0.3, 0.4) is 0 Å². The van der Waals surface area contributed by atoms with Crippen molar-refractivity contribution in [1.29, 1.82) is 0 Å². The SMILES string of the molecule is COc1cccc2oc(-c3cnc4cccnn34)cc12. The highest BCUT2D eigenvalue weighted by molar-refractivity contribution is 5.88. The summed E-state index contributed by atoms with van der Waals surface area (Å²) in [5.41, 5.74) is 2.39. The van der Waals surface area contributed by atoms with Gasteiger partial charge in [0, 0.05) is 6.20 Å². The molecule has 0 bridgehead atoms. The monoisotopic (exact) mass is 265 g/mol. The first-order valence-electron chi connectivity index (χ1n) is 6.22. The van der Waals surface area contributed by atoms with Crippen LogP contribution in [0.4, 0.5) is 0 Å². The molecule has 0 saturated heterocycles. The quantitative estimate of drug-likeness (QED) is 0.558. The molecule has 4 aromatic rings. The predicted molar refractivity (Wildman–Crippen MR) is 74.7 cm³/mol. The van der Waals surface area contributed by atoms with E-state index in [0.29, 0.717) is 0 Å². The van der Waals surface area contributed by atoms with Gasteiger partial charge >= 0.3 is 0 Å². The first kappa shape index (κ1) is 11.0. The number of rotatable bonds is 2. The maximum Gasteiger partial charge on any atom is 0.155 e. The summed E-state index contributed by atoms with van der Waals surface area (Å²) in [5.74, 6) is 1.51. The van der Waals surface area contributed by atoms with Gasteiger partial charge in [-0.3, -0.25) is 0 Å². The van der Waals surface area contributed by atoms with Crippen molar-refractivity contribution in [2.45, 2.75) is 0 Å². The van der Waals surface area contributed by atoms with Crippen molar-refractivity contribution in [3.63, 3.8) is 0 Å². The van der Waals surface area contributed by atoms with Gasteiger partial charge < -0.3 is 9.15 Å². The summed E-state index contributed by atoms with van der Waals surface area (Å²) in [6.07, 6.45) is 3.48. The molecule has 0 aliphatic carbocycles. The Kier molecular flexibility index (Phi) is 2.26. The van der Waals surface area contributed by atoms with E-state index < -0.39 is 0 Å². The van der Waals surface area contributed by atoms with E-state index in [1.165, 1.54) is 0 Å². The third-order valence-electron chi connectivity index (χ3n) is 3.27. The summed E-state index contributed by atoms with van der Waals surface area (Å²) >= 11 is 0. The molecule has 0 unspecified atom stereocenters. The molecule has 0 fully saturated rings. The van der Waals surface area contributed by atoms with Crippen molar-refractivity contribution in [2.75, 3.05) is 7.11 Å². The van der Waals surface area contributed by atoms with Crippen molar-refractivity contribution in [1.82, 2.24) is 14.6 Å². The summed E-state index contributed by atoms with van der Waals surface area (Å²) in [4.78, 5) is 4.32. The van der Waals surface area contributed by atoms with E-state index in [2.05, 4.69) is 10.1 Å². The van der Waals surface area contributed by atoms with Gasteiger partial charge in [-0.05, 0) is 30.3 Å². The minimum atomic E-state index is 0.718. The Hall–Kier alpha value is -2.82. The molecule has 3 heterocycles. The Morgan fingerprint density at radius 2 is 2.15 bits per heavy atom. The zero-order valence-electron chi connectivity index (χ0n) is 10.8. The maximum absolute atomic E-state index is 5.88. The van der Waals surface area contributed by atoms with Crippen LogP contribution in [0.5, 0.6) is 5.75 Å². The average Bonchev–Trinajstić information content (AvgIpc) is 3.10. The first-order chi connectivity index (χ1) is 9.86. The summed E-state index contributed by atoms with van der Waals surface area (Å²) in [6, 6.07) is 11.4. The van der Waals surface area contributed by atoms with Gasteiger partial charge in [0.25, 0.3) is 0 Å². The van der Waals surface area contributed by atoms with Gasteiger partial charge in [-0.1, -0.05) is 6.07 Å². The maximum atomic E-state index is 5.88. The normalized spacial score (nSPS) is 11.2. The van der Waals surface area contributed by atoms with Crippen molar-refractivity contribution < 1.29 is 9.15 Å². The smallest absolute Gasteiger partial charge is 0.155 e. The van der Waals surface area contributed by atoms with Crippen LogP contribution < -0.4 is 4.74 Å². The van der Waals surface area contributed by atoms with E-state index in [1.807, 2.05) is 36.4 Å². The molecular formula is C15H11N3O2. The molecule has 0 spiro atoms. The fourth-order valence-electron chi connectivity index (χ4n) is 2.34. The highest BCUT2D eigenvalue weighted by Crippen LogP contribution is 2.33. The second-order valence-electron chi connectivity index (χ2n) is 4.42. The lowest BCUT2D eigenvalue weighted by atomic mass is 10.2. The molecule has 0 aliphatic rings. The zero-order valence-corrected chi connectivity index (χ0v) is 10.8. The predicted octanol–water partition coefficient (Wildman–Crippen LogP) is 3.15. The third kappa shape index (κ3) is 1.50. The number of aromatic nitrogens is 3. The Morgan fingerprint density at radius 1 is 1.20 bits per heavy atom. The van der Waals surface area contributed by atoms with E-state index in [4.69, 9.17) is 9.15 Å². The minimum absolute atomic E-state index is 0.718. The van der Waals surface area contributed by atoms with E-state index >= 15 is 0 Å². The number of methoxy groups -OCH3 is 1. The molecule has 0 atom stereocenters. The highest BCUT2D eigenvalue weighted by Gasteiger charge is 2.13. The fraction of sp³-hybridized carbons (Fsp3) is 0.0667. The molecule has 0 amide bonds. The number of imidazole rings is 1. The topological polar surface area (TPSA) is 52.6 Å². The third-order valence-corrected chi connectivity index (χ3v) is 3.27. The number of fused-ring (bicyclic) bond motifs is 2. The summed E-state index contributed by atoms with van der Waals surface area (Å²) in [7, 11) is 1.65. The van der Waals surface area contributed by atoms with Crippen LogP contribution in [-0.2, 0) is 0 Å². The minimum Gasteiger partial charge on any atom is -0.496 e. The van der Waals surface area contributed by atoms with Crippen LogP contribution in [0, 0.1) is 0 Å². The van der Waals surface area contributed by atoms with Crippen molar-refractivity contribution >= 4 is 16.6 Å². The number of nitrogens with zero attached hydrogens (tertiary/aromatic N) is 3. The number of furan rings is 1. The number of hydrogen-bond donors (Lipinski definition) is 0. The van der Waals surface area contributed by atoms with Crippen LogP contribution >= 0.6 is 0 Å². The van der Waals surface area contributed by atoms with E-state index in [1.54, 1.807) is 24.0 Å². The van der Waals surface area contributed by atoms with E-state index in [9.17, 15) is 0 Å². The van der Waals surface area contributed by atoms with Gasteiger partial charge in [-0.15, -0.1) is 0 Å². The molecule has 0 N–H and O–H groups in total. The van der Waals surface area contributed by atoms with Gasteiger partial charge in [0.2, 0.25) is 0 Å². The van der Waals surface area contributed by atoms with Gasteiger partial charge in [0.05, 0.1) is 18.7 Å². The lowest BCUT2D eigenvalue weighted by Crippen LogP contribution is -1.91. The number of benzene rings is 1. The largest absolute Gasteiger partial charge is 0.496 e. The summed E-state index contributed by atoms with van der Waals surface area (Å²) in [6.45, 7) is 0. The van der Waals surface area contributed by atoms with Crippen LogP contribution in [0.1, 0.15) is 0 Å². The second-order valence-corrected chi connectivity index (χ2v) is 4.42. The molecule has 5 heteroatoms. The zero-order chi connectivity index (χ0) is 13.5. The Balaban J connectivity index is 1.98. The van der Waals surface area contributed by atoms with Crippen molar-refractivity contribution in [3.05, 3.63) is 48.8 Å². The molecular weight excluding hydrogens is 254 g/mol. The van der Waals surface area contributed by atoms with Crippen LogP contribution in [0.25, 0.3) is 28.1 Å². The fourth-order valence-corrected chi connectivity index (χ4v) is 2.34. The molecule has 4 rings (SSSR count). The van der Waals surface area contributed by atoms with Crippen LogP contribution in [-0.4, -0.2) is 21.7 Å². The second kappa shape index (κ2) is 4.09. The van der Waals surface area contributed by atoms with Crippen molar-refractivity contribution in [2.24, 2.45) is 0 Å². The molecule has 3 aromatic heterocycles. The Labute approximate surface area is 114 Å². The molecule has 0 saturated carbocycles. The molecule has 98 valence electrons. The molecule has 5 nitrogen and oxygen atoms in total. The Morgan fingerprint density at radius 3 is 3.05 bits per heavy atom. The lowest BCUT2D eigenvalue weighted by molar-refractivity contribution is 0.419.